The van der Waals surface area contributed by atoms with E-state index in [1.807, 2.05) is 24.9 Å². The van der Waals surface area contributed by atoms with Gasteiger partial charge in [-0.05, 0) is 13.3 Å². The number of aryl methyl sites for hydroxylation is 1. The van der Waals surface area contributed by atoms with Crippen LogP contribution in [-0.2, 0) is 20.0 Å². The predicted molar refractivity (Wildman–Crippen MR) is 79.1 cm³/mol. The van der Waals surface area contributed by atoms with Crippen LogP contribution in [-0.4, -0.2) is 19.7 Å². The molecule has 0 aliphatic carbocycles. The highest BCUT2D eigenvalue weighted by Gasteiger charge is 2.11. The molecule has 0 radical (unpaired) electrons. The fourth-order valence-electron chi connectivity index (χ4n) is 2.07. The first-order valence-electron chi connectivity index (χ1n) is 6.69. The van der Waals surface area contributed by atoms with Crippen molar-refractivity contribution in [1.29, 1.82) is 0 Å². The molecule has 0 fully saturated rings. The largest absolute Gasteiger partial charge is 0.365 e. The zero-order valence-corrected chi connectivity index (χ0v) is 12.1. The molecule has 20 heavy (non-hydrogen) atoms. The smallest absolute Gasteiger partial charge is 0.148 e. The minimum Gasteiger partial charge on any atom is -0.365 e. The molecule has 7 nitrogen and oxygen atoms in total. The summed E-state index contributed by atoms with van der Waals surface area (Å²) in [6.07, 6.45) is 5.25. The van der Waals surface area contributed by atoms with Crippen molar-refractivity contribution in [2.75, 3.05) is 10.7 Å². The van der Waals surface area contributed by atoms with E-state index in [1.54, 1.807) is 0 Å². The second-order valence-corrected chi connectivity index (χ2v) is 4.68. The van der Waals surface area contributed by atoms with Crippen molar-refractivity contribution in [2.45, 2.75) is 33.2 Å². The number of hydrogen-bond acceptors (Lipinski definition) is 6. The van der Waals surface area contributed by atoms with Gasteiger partial charge in [0.2, 0.25) is 0 Å². The van der Waals surface area contributed by atoms with Crippen LogP contribution in [0.2, 0.25) is 0 Å². The van der Waals surface area contributed by atoms with E-state index in [0.717, 1.165) is 35.5 Å². The fourth-order valence-corrected chi connectivity index (χ4v) is 2.07. The van der Waals surface area contributed by atoms with Crippen molar-refractivity contribution in [2.24, 2.45) is 12.9 Å². The van der Waals surface area contributed by atoms with Gasteiger partial charge >= 0.3 is 0 Å². The highest BCUT2D eigenvalue weighted by molar-refractivity contribution is 5.57. The quantitative estimate of drug-likeness (QED) is 0.544. The van der Waals surface area contributed by atoms with Crippen LogP contribution >= 0.6 is 0 Å². The second-order valence-electron chi connectivity index (χ2n) is 4.68. The molecule has 0 aromatic carbocycles. The Morgan fingerprint density at radius 3 is 2.65 bits per heavy atom. The molecular weight excluding hydrogens is 254 g/mol. The van der Waals surface area contributed by atoms with Crippen LogP contribution in [0.5, 0.6) is 0 Å². The molecule has 0 aliphatic rings. The van der Waals surface area contributed by atoms with Crippen molar-refractivity contribution >= 4 is 11.6 Å². The molecule has 0 saturated carbocycles. The summed E-state index contributed by atoms with van der Waals surface area (Å²) in [5.41, 5.74) is 5.93. The van der Waals surface area contributed by atoms with Gasteiger partial charge in [-0.15, -0.1) is 0 Å². The molecule has 7 heteroatoms. The lowest BCUT2D eigenvalue weighted by atomic mass is 10.1. The van der Waals surface area contributed by atoms with Crippen molar-refractivity contribution in [1.82, 2.24) is 19.7 Å². The number of anilines is 2. The molecule has 0 saturated heterocycles. The summed E-state index contributed by atoms with van der Waals surface area (Å²) in [4.78, 5) is 8.46. The number of hydrazine groups is 1. The Hall–Kier alpha value is -2.15. The van der Waals surface area contributed by atoms with E-state index < -0.39 is 0 Å². The van der Waals surface area contributed by atoms with Crippen LogP contribution < -0.4 is 16.6 Å². The third-order valence-corrected chi connectivity index (χ3v) is 3.37. The van der Waals surface area contributed by atoms with E-state index in [-0.39, 0.29) is 0 Å². The molecule has 2 heterocycles. The SMILES string of the molecule is CCCc1c(NN)ncnc1NCc1cnn(C)c1C. The standard InChI is InChI=1S/C13H21N7/c1-4-5-11-12(16-8-17-13(11)19-14)15-6-10-7-18-20(3)9(10)2/h7-8H,4-6,14H2,1-3H3,(H2,15,16,17,19). The van der Waals surface area contributed by atoms with Crippen LogP contribution in [0.1, 0.15) is 30.2 Å². The first-order valence-corrected chi connectivity index (χ1v) is 6.69. The van der Waals surface area contributed by atoms with Gasteiger partial charge in [-0.2, -0.15) is 5.10 Å². The maximum absolute atomic E-state index is 5.50. The zero-order valence-electron chi connectivity index (χ0n) is 12.1. The number of hydrogen-bond donors (Lipinski definition) is 3. The Bertz CT molecular complexity index is 576. The number of nitrogens with one attached hydrogen (secondary N) is 2. The monoisotopic (exact) mass is 275 g/mol. The normalized spacial score (nSPS) is 10.6. The molecule has 0 atom stereocenters. The van der Waals surface area contributed by atoms with Crippen LogP contribution in [0.15, 0.2) is 12.5 Å². The average molecular weight is 275 g/mol. The minimum atomic E-state index is 0.673. The predicted octanol–water partition coefficient (Wildman–Crippen LogP) is 1.37. The van der Waals surface area contributed by atoms with Gasteiger partial charge in [0.1, 0.15) is 18.0 Å². The molecule has 2 aromatic rings. The molecule has 2 rings (SSSR count). The Kier molecular flexibility index (Phi) is 4.52. The van der Waals surface area contributed by atoms with E-state index in [9.17, 15) is 0 Å². The number of nitrogens with two attached hydrogens (primary N) is 1. The van der Waals surface area contributed by atoms with Gasteiger partial charge in [0.05, 0.1) is 6.20 Å². The number of aromatic nitrogens is 4. The van der Waals surface area contributed by atoms with Gasteiger partial charge in [-0.1, -0.05) is 13.3 Å². The molecule has 0 spiro atoms. The minimum absolute atomic E-state index is 0.673. The average Bonchev–Trinajstić information content (AvgIpc) is 2.78. The molecule has 0 amide bonds. The fraction of sp³-hybridized carbons (Fsp3) is 0.462. The third kappa shape index (κ3) is 2.88. The Balaban J connectivity index is 2.18. The van der Waals surface area contributed by atoms with Crippen molar-refractivity contribution in [3.8, 4) is 0 Å². The molecule has 2 aromatic heterocycles. The Morgan fingerprint density at radius 2 is 2.05 bits per heavy atom. The first-order chi connectivity index (χ1) is 9.67. The van der Waals surface area contributed by atoms with Gasteiger partial charge < -0.3 is 10.7 Å². The van der Waals surface area contributed by atoms with Gasteiger partial charge in [-0.3, -0.25) is 4.68 Å². The maximum atomic E-state index is 5.50. The molecular formula is C13H21N7. The van der Waals surface area contributed by atoms with Crippen molar-refractivity contribution in [3.63, 3.8) is 0 Å². The summed E-state index contributed by atoms with van der Waals surface area (Å²) in [5.74, 6) is 6.99. The number of rotatable bonds is 6. The molecule has 4 N–H and O–H groups in total. The Morgan fingerprint density at radius 1 is 1.30 bits per heavy atom. The van der Waals surface area contributed by atoms with Crippen LogP contribution in [0.25, 0.3) is 0 Å². The highest BCUT2D eigenvalue weighted by atomic mass is 15.3. The third-order valence-electron chi connectivity index (χ3n) is 3.37. The van der Waals surface area contributed by atoms with Crippen LogP contribution in [0.3, 0.4) is 0 Å². The zero-order chi connectivity index (χ0) is 14.5. The lowest BCUT2D eigenvalue weighted by Gasteiger charge is -2.13. The lowest BCUT2D eigenvalue weighted by Crippen LogP contribution is -2.14. The topological polar surface area (TPSA) is 93.7 Å². The van der Waals surface area contributed by atoms with Gasteiger partial charge in [0.25, 0.3) is 0 Å². The van der Waals surface area contributed by atoms with Crippen LogP contribution in [0.4, 0.5) is 11.6 Å². The summed E-state index contributed by atoms with van der Waals surface area (Å²) in [7, 11) is 1.93. The molecule has 0 aliphatic heterocycles. The van der Waals surface area contributed by atoms with Gasteiger partial charge in [-0.25, -0.2) is 15.8 Å². The first kappa shape index (κ1) is 14.3. The van der Waals surface area contributed by atoms with E-state index in [0.29, 0.717) is 12.4 Å². The van der Waals surface area contributed by atoms with Gasteiger partial charge in [0, 0.05) is 30.4 Å². The van der Waals surface area contributed by atoms with E-state index >= 15 is 0 Å². The van der Waals surface area contributed by atoms with Crippen molar-refractivity contribution < 1.29 is 0 Å². The lowest BCUT2D eigenvalue weighted by molar-refractivity contribution is 0.738. The summed E-state index contributed by atoms with van der Waals surface area (Å²) in [6, 6.07) is 0. The summed E-state index contributed by atoms with van der Waals surface area (Å²) < 4.78 is 1.86. The molecule has 0 unspecified atom stereocenters. The molecule has 0 bridgehead atoms. The van der Waals surface area contributed by atoms with E-state index in [1.165, 1.54) is 6.33 Å². The summed E-state index contributed by atoms with van der Waals surface area (Å²) >= 11 is 0. The van der Waals surface area contributed by atoms with Crippen LogP contribution in [0, 0.1) is 6.92 Å². The number of nitrogens with zero attached hydrogens (tertiary/aromatic N) is 4. The van der Waals surface area contributed by atoms with Gasteiger partial charge in [0.15, 0.2) is 0 Å². The second kappa shape index (κ2) is 6.33. The van der Waals surface area contributed by atoms with Crippen molar-refractivity contribution in [3.05, 3.63) is 29.3 Å². The maximum Gasteiger partial charge on any atom is 0.148 e. The summed E-state index contributed by atoms with van der Waals surface area (Å²) in [6.45, 7) is 4.84. The number of nitrogen functional groups attached to an aromatic ring is 1. The molecule has 108 valence electrons. The van der Waals surface area contributed by atoms with E-state index in [4.69, 9.17) is 5.84 Å². The summed E-state index contributed by atoms with van der Waals surface area (Å²) in [5, 5.41) is 7.58. The Labute approximate surface area is 118 Å². The highest BCUT2D eigenvalue weighted by Crippen LogP contribution is 2.21. The van der Waals surface area contributed by atoms with E-state index in [2.05, 4.69) is 32.7 Å².